The maximum Gasteiger partial charge on any atom is 0.153 e. The number of nitrogens with one attached hydrogen (secondary N) is 2. The molecule has 16 heavy (non-hydrogen) atoms. The molecule has 4 heteroatoms. The summed E-state index contributed by atoms with van der Waals surface area (Å²) in [5.41, 5.74) is 0. The minimum atomic E-state index is 0.281. The molecule has 2 rings (SSSR count). The first-order chi connectivity index (χ1) is 7.66. The molecular formula is C12H22N4. The van der Waals surface area contributed by atoms with Crippen molar-refractivity contribution in [1.29, 1.82) is 0 Å². The van der Waals surface area contributed by atoms with Crippen LogP contribution in [0, 0.1) is 0 Å². The second-order valence-corrected chi connectivity index (χ2v) is 5.10. The van der Waals surface area contributed by atoms with Crippen molar-refractivity contribution in [2.75, 3.05) is 0 Å². The van der Waals surface area contributed by atoms with Crippen molar-refractivity contribution in [3.05, 3.63) is 11.6 Å². The summed E-state index contributed by atoms with van der Waals surface area (Å²) in [5.74, 6) is 2.27. The van der Waals surface area contributed by atoms with E-state index in [2.05, 4.69) is 41.3 Å². The third-order valence-electron chi connectivity index (χ3n) is 3.29. The molecule has 1 heterocycles. The van der Waals surface area contributed by atoms with E-state index in [9.17, 15) is 0 Å². The minimum Gasteiger partial charge on any atom is -0.305 e. The Morgan fingerprint density at radius 2 is 1.94 bits per heavy atom. The van der Waals surface area contributed by atoms with Crippen LogP contribution in [0.4, 0.5) is 0 Å². The van der Waals surface area contributed by atoms with Gasteiger partial charge in [-0.05, 0) is 19.8 Å². The Balaban J connectivity index is 1.94. The maximum absolute atomic E-state index is 4.52. The van der Waals surface area contributed by atoms with Crippen LogP contribution < -0.4 is 5.32 Å². The fourth-order valence-corrected chi connectivity index (χ4v) is 2.26. The molecule has 0 radical (unpaired) electrons. The number of rotatable bonds is 4. The number of aromatic nitrogens is 3. The van der Waals surface area contributed by atoms with Crippen LogP contribution in [0.15, 0.2) is 0 Å². The molecule has 0 spiro atoms. The van der Waals surface area contributed by atoms with Crippen LogP contribution in [0.25, 0.3) is 0 Å². The molecule has 0 amide bonds. The summed E-state index contributed by atoms with van der Waals surface area (Å²) in [6.45, 7) is 6.38. The summed E-state index contributed by atoms with van der Waals surface area (Å²) < 4.78 is 0. The SMILES string of the molecule is CC(C)c1n[nH]c(C(C)NC2CCCC2)n1. The Labute approximate surface area is 97.2 Å². The lowest BCUT2D eigenvalue weighted by molar-refractivity contribution is 0.448. The van der Waals surface area contributed by atoms with Crippen LogP contribution in [-0.2, 0) is 0 Å². The minimum absolute atomic E-state index is 0.281. The molecule has 1 aromatic rings. The van der Waals surface area contributed by atoms with Gasteiger partial charge in [-0.25, -0.2) is 4.98 Å². The molecule has 1 aliphatic rings. The second kappa shape index (κ2) is 4.95. The Morgan fingerprint density at radius 1 is 1.25 bits per heavy atom. The lowest BCUT2D eigenvalue weighted by Crippen LogP contribution is -2.29. The summed E-state index contributed by atoms with van der Waals surface area (Å²) in [6.07, 6.45) is 5.32. The largest absolute Gasteiger partial charge is 0.305 e. The fourth-order valence-electron chi connectivity index (χ4n) is 2.26. The summed E-state index contributed by atoms with van der Waals surface area (Å²) in [6, 6.07) is 0.950. The van der Waals surface area contributed by atoms with Crippen molar-refractivity contribution in [2.24, 2.45) is 0 Å². The monoisotopic (exact) mass is 222 g/mol. The second-order valence-electron chi connectivity index (χ2n) is 5.10. The van der Waals surface area contributed by atoms with Crippen LogP contribution >= 0.6 is 0 Å². The molecule has 0 aromatic carbocycles. The fraction of sp³-hybridized carbons (Fsp3) is 0.833. The Morgan fingerprint density at radius 3 is 2.50 bits per heavy atom. The van der Waals surface area contributed by atoms with Crippen molar-refractivity contribution >= 4 is 0 Å². The van der Waals surface area contributed by atoms with Crippen LogP contribution in [0.3, 0.4) is 0 Å². The van der Waals surface area contributed by atoms with E-state index in [1.807, 2.05) is 0 Å². The van der Waals surface area contributed by atoms with E-state index in [1.54, 1.807) is 0 Å². The molecule has 0 saturated heterocycles. The number of aromatic amines is 1. The zero-order chi connectivity index (χ0) is 11.5. The first-order valence-corrected chi connectivity index (χ1v) is 6.35. The van der Waals surface area contributed by atoms with Gasteiger partial charge in [-0.2, -0.15) is 5.10 Å². The van der Waals surface area contributed by atoms with Crippen LogP contribution in [0.2, 0.25) is 0 Å². The molecule has 4 nitrogen and oxygen atoms in total. The topological polar surface area (TPSA) is 53.6 Å². The maximum atomic E-state index is 4.52. The van der Waals surface area contributed by atoms with Crippen LogP contribution in [0.1, 0.15) is 70.1 Å². The van der Waals surface area contributed by atoms with E-state index >= 15 is 0 Å². The highest BCUT2D eigenvalue weighted by molar-refractivity contribution is 4.99. The van der Waals surface area contributed by atoms with Gasteiger partial charge in [0.2, 0.25) is 0 Å². The predicted octanol–water partition coefficient (Wildman–Crippen LogP) is 2.52. The normalized spacial score (nSPS) is 19.5. The van der Waals surface area contributed by atoms with Gasteiger partial charge in [-0.3, -0.25) is 5.10 Å². The van der Waals surface area contributed by atoms with E-state index < -0.39 is 0 Å². The molecule has 2 N–H and O–H groups in total. The molecule has 90 valence electrons. The van der Waals surface area contributed by atoms with Crippen molar-refractivity contribution < 1.29 is 0 Å². The molecule has 1 aliphatic carbocycles. The average molecular weight is 222 g/mol. The highest BCUT2D eigenvalue weighted by Gasteiger charge is 2.19. The molecule has 1 saturated carbocycles. The Kier molecular flexibility index (Phi) is 3.59. The standard InChI is InChI=1S/C12H22N4/c1-8(2)11-14-12(16-15-11)9(3)13-10-6-4-5-7-10/h8-10,13H,4-7H2,1-3H3,(H,14,15,16). The molecule has 1 atom stereocenters. The average Bonchev–Trinajstić information content (AvgIpc) is 2.86. The van der Waals surface area contributed by atoms with Crippen molar-refractivity contribution in [3.8, 4) is 0 Å². The van der Waals surface area contributed by atoms with Gasteiger partial charge in [0.05, 0.1) is 6.04 Å². The van der Waals surface area contributed by atoms with Crippen molar-refractivity contribution in [2.45, 2.75) is 64.5 Å². The van der Waals surface area contributed by atoms with Crippen LogP contribution in [0.5, 0.6) is 0 Å². The van der Waals surface area contributed by atoms with Gasteiger partial charge < -0.3 is 5.32 Å². The molecular weight excluding hydrogens is 200 g/mol. The summed E-state index contributed by atoms with van der Waals surface area (Å²) in [7, 11) is 0. The Bertz CT molecular complexity index is 326. The quantitative estimate of drug-likeness (QED) is 0.823. The molecule has 1 unspecified atom stereocenters. The zero-order valence-corrected chi connectivity index (χ0v) is 10.5. The number of nitrogens with zero attached hydrogens (tertiary/aromatic N) is 2. The third kappa shape index (κ3) is 2.61. The van der Waals surface area contributed by atoms with E-state index in [-0.39, 0.29) is 6.04 Å². The lowest BCUT2D eigenvalue weighted by atomic mass is 10.2. The smallest absolute Gasteiger partial charge is 0.153 e. The van der Waals surface area contributed by atoms with Gasteiger partial charge in [0.15, 0.2) is 5.82 Å². The zero-order valence-electron chi connectivity index (χ0n) is 10.5. The first kappa shape index (κ1) is 11.6. The Hall–Kier alpha value is -0.900. The van der Waals surface area contributed by atoms with Gasteiger partial charge in [0, 0.05) is 12.0 Å². The van der Waals surface area contributed by atoms with E-state index in [0.717, 1.165) is 11.6 Å². The summed E-state index contributed by atoms with van der Waals surface area (Å²) in [5, 5.41) is 10.9. The molecule has 1 aromatic heterocycles. The third-order valence-corrected chi connectivity index (χ3v) is 3.29. The number of hydrogen-bond acceptors (Lipinski definition) is 3. The highest BCUT2D eigenvalue weighted by Crippen LogP contribution is 2.21. The van der Waals surface area contributed by atoms with E-state index in [0.29, 0.717) is 12.0 Å². The van der Waals surface area contributed by atoms with Gasteiger partial charge in [-0.1, -0.05) is 26.7 Å². The summed E-state index contributed by atoms with van der Waals surface area (Å²) >= 11 is 0. The van der Waals surface area contributed by atoms with Gasteiger partial charge in [-0.15, -0.1) is 0 Å². The van der Waals surface area contributed by atoms with Crippen molar-refractivity contribution in [3.63, 3.8) is 0 Å². The van der Waals surface area contributed by atoms with E-state index in [4.69, 9.17) is 0 Å². The van der Waals surface area contributed by atoms with Crippen molar-refractivity contribution in [1.82, 2.24) is 20.5 Å². The van der Waals surface area contributed by atoms with Gasteiger partial charge >= 0.3 is 0 Å². The van der Waals surface area contributed by atoms with Gasteiger partial charge in [0.25, 0.3) is 0 Å². The first-order valence-electron chi connectivity index (χ1n) is 6.35. The van der Waals surface area contributed by atoms with Gasteiger partial charge in [0.1, 0.15) is 5.82 Å². The molecule has 0 aliphatic heterocycles. The number of H-pyrrole nitrogens is 1. The van der Waals surface area contributed by atoms with E-state index in [1.165, 1.54) is 25.7 Å². The number of hydrogen-bond donors (Lipinski definition) is 2. The van der Waals surface area contributed by atoms with Crippen LogP contribution in [-0.4, -0.2) is 21.2 Å². The molecule has 0 bridgehead atoms. The lowest BCUT2D eigenvalue weighted by Gasteiger charge is -2.16. The summed E-state index contributed by atoms with van der Waals surface area (Å²) in [4.78, 5) is 4.52. The predicted molar refractivity (Wildman–Crippen MR) is 64.3 cm³/mol. The molecule has 1 fully saturated rings. The highest BCUT2D eigenvalue weighted by atomic mass is 15.2.